The Bertz CT molecular complexity index is 956. The fourth-order valence-corrected chi connectivity index (χ4v) is 4.80. The van der Waals surface area contributed by atoms with E-state index in [9.17, 15) is 14.0 Å². The number of thioether (sulfide) groups is 1. The molecule has 1 atom stereocenters. The number of aromatic nitrogens is 2. The van der Waals surface area contributed by atoms with Gasteiger partial charge in [-0.15, -0.1) is 0 Å². The molecule has 1 amide bonds. The number of morpholine rings is 1. The van der Waals surface area contributed by atoms with Crippen molar-refractivity contribution < 1.29 is 13.9 Å². The van der Waals surface area contributed by atoms with Gasteiger partial charge in [-0.1, -0.05) is 43.7 Å². The van der Waals surface area contributed by atoms with Gasteiger partial charge < -0.3 is 9.64 Å². The molecule has 0 radical (unpaired) electrons. The van der Waals surface area contributed by atoms with Crippen molar-refractivity contribution in [2.45, 2.75) is 49.9 Å². The molecule has 1 fully saturated rings. The lowest BCUT2D eigenvalue weighted by atomic mass is 10.1. The first kappa shape index (κ1) is 23.5. The second-order valence-corrected chi connectivity index (χ2v) is 8.98. The summed E-state index contributed by atoms with van der Waals surface area (Å²) in [5.41, 5.74) is 1.95. The van der Waals surface area contributed by atoms with Crippen LogP contribution in [0.3, 0.4) is 0 Å². The third kappa shape index (κ3) is 5.95. The SMILES string of the molecule is CCCCC(Sc1nc(C)c(Cc2ccc(F)cc2)c(=O)n1C)C(=O)N1CCOCC1. The predicted molar refractivity (Wildman–Crippen MR) is 120 cm³/mol. The van der Waals surface area contributed by atoms with E-state index < -0.39 is 0 Å². The fraction of sp³-hybridized carbons (Fsp3) is 0.522. The molecule has 1 aromatic carbocycles. The molecule has 168 valence electrons. The zero-order chi connectivity index (χ0) is 22.4. The Morgan fingerprint density at radius 1 is 1.26 bits per heavy atom. The van der Waals surface area contributed by atoms with Crippen LogP contribution in [-0.4, -0.2) is 51.9 Å². The predicted octanol–water partition coefficient (Wildman–Crippen LogP) is 3.33. The monoisotopic (exact) mass is 447 g/mol. The van der Waals surface area contributed by atoms with Gasteiger partial charge in [0.05, 0.1) is 18.5 Å². The Morgan fingerprint density at radius 3 is 2.58 bits per heavy atom. The number of hydrogen-bond donors (Lipinski definition) is 0. The van der Waals surface area contributed by atoms with E-state index in [4.69, 9.17) is 4.74 Å². The van der Waals surface area contributed by atoms with E-state index in [0.29, 0.717) is 49.1 Å². The second-order valence-electron chi connectivity index (χ2n) is 7.81. The zero-order valence-corrected chi connectivity index (χ0v) is 19.2. The molecule has 0 bridgehead atoms. The van der Waals surface area contributed by atoms with Crippen molar-refractivity contribution in [3.63, 3.8) is 0 Å². The Labute approximate surface area is 186 Å². The van der Waals surface area contributed by atoms with Gasteiger partial charge in [-0.3, -0.25) is 14.2 Å². The van der Waals surface area contributed by atoms with Gasteiger partial charge in [0.2, 0.25) is 5.91 Å². The molecule has 0 N–H and O–H groups in total. The summed E-state index contributed by atoms with van der Waals surface area (Å²) in [7, 11) is 1.70. The number of carbonyl (C=O) groups is 1. The molecule has 0 aliphatic carbocycles. The van der Waals surface area contributed by atoms with Crippen molar-refractivity contribution >= 4 is 17.7 Å². The Morgan fingerprint density at radius 2 is 1.94 bits per heavy atom. The van der Waals surface area contributed by atoms with Gasteiger partial charge >= 0.3 is 0 Å². The summed E-state index contributed by atoms with van der Waals surface area (Å²) in [6.07, 6.45) is 3.06. The molecule has 0 spiro atoms. The van der Waals surface area contributed by atoms with Gasteiger partial charge in [-0.25, -0.2) is 9.37 Å². The molecule has 1 aliphatic heterocycles. The standard InChI is InChI=1S/C23H30FN3O3S/c1-4-5-6-20(22(29)27-11-13-30-14-12-27)31-23-25-16(2)19(21(28)26(23)3)15-17-7-9-18(24)10-8-17/h7-10,20H,4-6,11-15H2,1-3H3. The topological polar surface area (TPSA) is 64.4 Å². The average Bonchev–Trinajstić information content (AvgIpc) is 2.78. The maximum atomic E-state index is 13.2. The first-order chi connectivity index (χ1) is 14.9. The maximum Gasteiger partial charge on any atom is 0.257 e. The van der Waals surface area contributed by atoms with E-state index in [1.54, 1.807) is 19.2 Å². The minimum atomic E-state index is -0.304. The smallest absolute Gasteiger partial charge is 0.257 e. The number of aryl methyl sites for hydroxylation is 1. The summed E-state index contributed by atoms with van der Waals surface area (Å²) in [6, 6.07) is 6.14. The van der Waals surface area contributed by atoms with Crippen LogP contribution in [0, 0.1) is 12.7 Å². The van der Waals surface area contributed by atoms with Crippen molar-refractivity contribution in [3.8, 4) is 0 Å². The van der Waals surface area contributed by atoms with Gasteiger partial charge in [-0.2, -0.15) is 0 Å². The largest absolute Gasteiger partial charge is 0.378 e. The number of ether oxygens (including phenoxy) is 1. The number of benzene rings is 1. The van der Waals surface area contributed by atoms with E-state index in [-0.39, 0.29) is 22.5 Å². The van der Waals surface area contributed by atoms with Crippen molar-refractivity contribution in [2.75, 3.05) is 26.3 Å². The lowest BCUT2D eigenvalue weighted by Gasteiger charge is -2.30. The molecule has 0 saturated carbocycles. The highest BCUT2D eigenvalue weighted by atomic mass is 32.2. The summed E-state index contributed by atoms with van der Waals surface area (Å²) >= 11 is 1.37. The zero-order valence-electron chi connectivity index (χ0n) is 18.4. The summed E-state index contributed by atoms with van der Waals surface area (Å²) in [6.45, 7) is 6.24. The highest BCUT2D eigenvalue weighted by Gasteiger charge is 2.28. The normalized spacial score (nSPS) is 15.2. The molecule has 2 heterocycles. The second kappa shape index (κ2) is 10.9. The first-order valence-electron chi connectivity index (χ1n) is 10.7. The molecular formula is C23H30FN3O3S. The fourth-order valence-electron chi connectivity index (χ4n) is 3.58. The van der Waals surface area contributed by atoms with Crippen molar-refractivity contribution in [1.82, 2.24) is 14.5 Å². The number of rotatable bonds is 8. The van der Waals surface area contributed by atoms with Gasteiger partial charge in [0.25, 0.3) is 5.56 Å². The van der Waals surface area contributed by atoms with Crippen LogP contribution in [0.1, 0.15) is 43.0 Å². The molecule has 1 unspecified atom stereocenters. The highest BCUT2D eigenvalue weighted by Crippen LogP contribution is 2.27. The number of carbonyl (C=O) groups excluding carboxylic acids is 1. The lowest BCUT2D eigenvalue weighted by molar-refractivity contribution is -0.134. The molecule has 2 aromatic rings. The Kier molecular flexibility index (Phi) is 8.26. The molecule has 1 saturated heterocycles. The van der Waals surface area contributed by atoms with E-state index in [1.807, 2.05) is 11.8 Å². The first-order valence-corrected chi connectivity index (χ1v) is 11.6. The van der Waals surface area contributed by atoms with Gasteiger partial charge in [0.1, 0.15) is 5.82 Å². The molecule has 8 heteroatoms. The van der Waals surface area contributed by atoms with E-state index >= 15 is 0 Å². The van der Waals surface area contributed by atoms with Gasteiger partial charge in [-0.05, 0) is 31.0 Å². The van der Waals surface area contributed by atoms with Gasteiger partial charge in [0.15, 0.2) is 5.16 Å². The van der Waals surface area contributed by atoms with Crippen LogP contribution in [-0.2, 0) is 23.0 Å². The van der Waals surface area contributed by atoms with Crippen LogP contribution in [0.5, 0.6) is 0 Å². The highest BCUT2D eigenvalue weighted by molar-refractivity contribution is 8.00. The van der Waals surface area contributed by atoms with Crippen LogP contribution in [0.2, 0.25) is 0 Å². The summed E-state index contributed by atoms with van der Waals surface area (Å²) < 4.78 is 20.1. The third-order valence-corrected chi connectivity index (χ3v) is 6.81. The molecule has 31 heavy (non-hydrogen) atoms. The molecular weight excluding hydrogens is 417 g/mol. The number of nitrogens with zero attached hydrogens (tertiary/aromatic N) is 3. The van der Waals surface area contributed by atoms with Crippen molar-refractivity contribution in [3.05, 3.63) is 57.3 Å². The minimum absolute atomic E-state index is 0.0871. The maximum absolute atomic E-state index is 13.2. The van der Waals surface area contributed by atoms with Crippen molar-refractivity contribution in [1.29, 1.82) is 0 Å². The van der Waals surface area contributed by atoms with Crippen molar-refractivity contribution in [2.24, 2.45) is 7.05 Å². The van der Waals surface area contributed by atoms with Crippen LogP contribution in [0.15, 0.2) is 34.2 Å². The van der Waals surface area contributed by atoms with Crippen LogP contribution < -0.4 is 5.56 Å². The summed E-state index contributed by atoms with van der Waals surface area (Å²) in [5, 5.41) is 0.270. The van der Waals surface area contributed by atoms with E-state index in [2.05, 4.69) is 11.9 Å². The minimum Gasteiger partial charge on any atom is -0.378 e. The molecule has 1 aromatic heterocycles. The summed E-state index contributed by atoms with van der Waals surface area (Å²) in [5.74, 6) is -0.217. The summed E-state index contributed by atoms with van der Waals surface area (Å²) in [4.78, 5) is 32.7. The molecule has 1 aliphatic rings. The molecule has 3 rings (SSSR count). The quantitative estimate of drug-likeness (QED) is 0.459. The lowest BCUT2D eigenvalue weighted by Crippen LogP contribution is -2.45. The van der Waals surface area contributed by atoms with Crippen LogP contribution >= 0.6 is 11.8 Å². The number of hydrogen-bond acceptors (Lipinski definition) is 5. The Hall–Kier alpha value is -2.19. The number of amides is 1. The number of halogens is 1. The van der Waals surface area contributed by atoms with Crippen LogP contribution in [0.4, 0.5) is 4.39 Å². The third-order valence-electron chi connectivity index (χ3n) is 5.51. The van der Waals surface area contributed by atoms with Gasteiger partial charge in [0, 0.05) is 37.8 Å². The molecule has 6 nitrogen and oxygen atoms in total. The Balaban J connectivity index is 1.83. The average molecular weight is 448 g/mol. The van der Waals surface area contributed by atoms with Crippen LogP contribution in [0.25, 0.3) is 0 Å². The number of unbranched alkanes of at least 4 members (excludes halogenated alkanes) is 1. The van der Waals surface area contributed by atoms with E-state index in [0.717, 1.165) is 24.8 Å². The van der Waals surface area contributed by atoms with E-state index in [1.165, 1.54) is 28.5 Å².